The Morgan fingerprint density at radius 3 is 1.94 bits per heavy atom. The number of nitrogens with one attached hydrogen (secondary N) is 1. The van der Waals surface area contributed by atoms with Gasteiger partial charge in [-0.05, 0) is 81.0 Å². The van der Waals surface area contributed by atoms with Gasteiger partial charge in [0.05, 0.1) is 11.2 Å². The van der Waals surface area contributed by atoms with Crippen molar-refractivity contribution in [2.45, 2.75) is 85.2 Å². The maximum atomic E-state index is 13.6. The highest BCUT2D eigenvalue weighted by Gasteiger charge is 2.34. The van der Waals surface area contributed by atoms with E-state index in [4.69, 9.17) is 9.39 Å². The fraction of sp³-hybridized carbons (Fsp3) is 0.692. The van der Waals surface area contributed by atoms with Gasteiger partial charge in [0.15, 0.2) is 0 Å². The first kappa shape index (κ1) is 38.1. The number of thiol groups is 1. The average Bonchev–Trinajstić information content (AvgIpc) is 2.73. The Morgan fingerprint density at radius 2 is 1.63 bits per heavy atom. The molecule has 0 aliphatic heterocycles. The average molecular weight is 516 g/mol. The van der Waals surface area contributed by atoms with E-state index in [9.17, 15) is 14.0 Å². The zero-order valence-electron chi connectivity index (χ0n) is 24.0. The molecule has 1 radical (unpaired) electrons. The van der Waals surface area contributed by atoms with Gasteiger partial charge < -0.3 is 19.6 Å². The Balaban J connectivity index is -0.000000500. The van der Waals surface area contributed by atoms with Gasteiger partial charge in [-0.3, -0.25) is 9.59 Å². The van der Waals surface area contributed by atoms with Gasteiger partial charge in [0.25, 0.3) is 0 Å². The van der Waals surface area contributed by atoms with Crippen LogP contribution in [0.25, 0.3) is 0 Å². The first-order valence-corrected chi connectivity index (χ1v) is 12.4. The molecule has 0 bridgehead atoms. The van der Waals surface area contributed by atoms with E-state index in [0.29, 0.717) is 23.7 Å². The van der Waals surface area contributed by atoms with Gasteiger partial charge in [0.2, 0.25) is 6.41 Å². The van der Waals surface area contributed by atoms with Crippen LogP contribution in [0.3, 0.4) is 0 Å². The fourth-order valence-corrected chi connectivity index (χ4v) is 1.90. The Bertz CT molecular complexity index is 691. The summed E-state index contributed by atoms with van der Waals surface area (Å²) in [5, 5.41) is 2.56. The van der Waals surface area contributed by atoms with Crippen LogP contribution in [-0.4, -0.2) is 74.8 Å². The number of carbonyl (C=O) groups is 2. The second kappa shape index (κ2) is 19.7. The number of halogens is 1. The summed E-state index contributed by atoms with van der Waals surface area (Å²) in [5.74, 6) is -0.479. The predicted octanol–water partition coefficient (Wildman–Crippen LogP) is 4.53. The lowest BCUT2D eigenvalue weighted by Crippen LogP contribution is -2.46. The maximum Gasteiger partial charge on any atom is 0.333 e. The first-order chi connectivity index (χ1) is 16.0. The molecule has 6 nitrogen and oxygen atoms in total. The molecule has 0 fully saturated rings. The molecule has 0 spiro atoms. The van der Waals surface area contributed by atoms with E-state index >= 15 is 0 Å². The fourth-order valence-electron chi connectivity index (χ4n) is 1.85. The molecule has 1 amide bonds. The zero-order chi connectivity index (χ0) is 28.3. The lowest BCUT2D eigenvalue weighted by molar-refractivity contribution is -0.109. The van der Waals surface area contributed by atoms with Gasteiger partial charge in [-0.25, -0.2) is 4.39 Å². The Morgan fingerprint density at radius 1 is 1.09 bits per heavy atom. The topological polar surface area (TPSA) is 67.9 Å². The molecular formula is C26H49BFN2O4S. The molecule has 0 saturated heterocycles. The second-order valence-corrected chi connectivity index (χ2v) is 10.7. The molecule has 0 aromatic heterocycles. The zero-order valence-corrected chi connectivity index (χ0v) is 24.9. The molecule has 9 heteroatoms. The van der Waals surface area contributed by atoms with Crippen LogP contribution in [0.4, 0.5) is 4.39 Å². The molecule has 0 saturated carbocycles. The lowest BCUT2D eigenvalue weighted by atomic mass is 9.83. The van der Waals surface area contributed by atoms with Crippen LogP contribution in [0.15, 0.2) is 18.2 Å². The molecule has 1 aromatic carbocycles. The van der Waals surface area contributed by atoms with E-state index < -0.39 is 11.4 Å². The first-order valence-electron chi connectivity index (χ1n) is 11.9. The molecule has 0 heterocycles. The summed E-state index contributed by atoms with van der Waals surface area (Å²) in [6.45, 7) is 22.2. The highest BCUT2D eigenvalue weighted by atomic mass is 32.1. The minimum absolute atomic E-state index is 0.0503. The SMILES string of the molecule is CC.CC(C)(S)C(C)(C)O[B]c1ccc(C=O)cc1F.CCOC(C)(C)C.CN(C)CCNC=O. The van der Waals surface area contributed by atoms with Crippen LogP contribution in [0.5, 0.6) is 0 Å². The van der Waals surface area contributed by atoms with Crippen molar-refractivity contribution in [1.82, 2.24) is 10.2 Å². The molecule has 0 aliphatic rings. The van der Waals surface area contributed by atoms with E-state index in [0.717, 1.165) is 19.7 Å². The van der Waals surface area contributed by atoms with Crippen molar-refractivity contribution in [3.63, 3.8) is 0 Å². The lowest BCUT2D eigenvalue weighted by Gasteiger charge is -2.38. The van der Waals surface area contributed by atoms with Crippen LogP contribution >= 0.6 is 12.6 Å². The van der Waals surface area contributed by atoms with Crippen LogP contribution in [0.1, 0.15) is 79.6 Å². The molecular weight excluding hydrogens is 466 g/mol. The van der Waals surface area contributed by atoms with Crippen molar-refractivity contribution >= 4 is 38.3 Å². The van der Waals surface area contributed by atoms with Gasteiger partial charge in [0, 0.05) is 30.0 Å². The number of nitrogens with zero attached hydrogens (tertiary/aromatic N) is 1. The molecule has 0 unspecified atom stereocenters. The maximum absolute atomic E-state index is 13.6. The van der Waals surface area contributed by atoms with Gasteiger partial charge in [0.1, 0.15) is 12.1 Å². The molecule has 0 aliphatic carbocycles. The Labute approximate surface area is 220 Å². The normalized spacial score (nSPS) is 11.1. The highest BCUT2D eigenvalue weighted by molar-refractivity contribution is 7.81. The smallest absolute Gasteiger partial charge is 0.333 e. The molecule has 0 atom stereocenters. The van der Waals surface area contributed by atoms with Crippen LogP contribution in [0.2, 0.25) is 0 Å². The van der Waals surface area contributed by atoms with E-state index in [-0.39, 0.29) is 10.3 Å². The summed E-state index contributed by atoms with van der Waals surface area (Å²) in [5.41, 5.74) is 0.116. The Kier molecular flexibility index (Phi) is 21.5. The summed E-state index contributed by atoms with van der Waals surface area (Å²) in [4.78, 5) is 22.2. The third-order valence-corrected chi connectivity index (χ3v) is 5.02. The van der Waals surface area contributed by atoms with Crippen LogP contribution < -0.4 is 10.8 Å². The number of rotatable bonds is 10. The van der Waals surface area contributed by atoms with Gasteiger partial charge in [-0.15, -0.1) is 0 Å². The molecule has 1 rings (SSSR count). The minimum Gasteiger partial charge on any atom is -0.428 e. The summed E-state index contributed by atoms with van der Waals surface area (Å²) >= 11 is 4.45. The monoisotopic (exact) mass is 515 g/mol. The number of ether oxygens (including phenoxy) is 1. The summed E-state index contributed by atoms with van der Waals surface area (Å²) in [7, 11) is 5.29. The van der Waals surface area contributed by atoms with Crippen molar-refractivity contribution in [3.8, 4) is 0 Å². The number of amides is 1. The third kappa shape index (κ3) is 21.6. The number of likely N-dealkylation sites (N-methyl/N-ethyl adjacent to an activating group) is 1. The molecule has 203 valence electrons. The van der Waals surface area contributed by atoms with Gasteiger partial charge >= 0.3 is 7.48 Å². The highest BCUT2D eigenvalue weighted by Crippen LogP contribution is 2.30. The summed E-state index contributed by atoms with van der Waals surface area (Å²) in [6, 6.07) is 4.24. The van der Waals surface area contributed by atoms with E-state index in [1.807, 2.05) is 67.5 Å². The number of hydrogen-bond acceptors (Lipinski definition) is 6. The van der Waals surface area contributed by atoms with Crippen molar-refractivity contribution in [3.05, 3.63) is 29.6 Å². The van der Waals surface area contributed by atoms with Crippen molar-refractivity contribution in [1.29, 1.82) is 0 Å². The number of aldehydes is 1. The minimum atomic E-state index is -0.550. The largest absolute Gasteiger partial charge is 0.428 e. The number of benzene rings is 1. The van der Waals surface area contributed by atoms with Crippen LogP contribution in [-0.2, 0) is 14.2 Å². The second-order valence-electron chi connectivity index (χ2n) is 9.62. The van der Waals surface area contributed by atoms with Gasteiger partial charge in [-0.2, -0.15) is 12.6 Å². The predicted molar refractivity (Wildman–Crippen MR) is 151 cm³/mol. The number of hydrogen-bond donors (Lipinski definition) is 2. The van der Waals surface area contributed by atoms with Crippen molar-refractivity contribution < 1.29 is 23.4 Å². The van der Waals surface area contributed by atoms with E-state index in [1.165, 1.54) is 19.6 Å². The Hall–Kier alpha value is -1.42. The van der Waals surface area contributed by atoms with Crippen molar-refractivity contribution in [2.24, 2.45) is 0 Å². The quantitative estimate of drug-likeness (QED) is 0.208. The van der Waals surface area contributed by atoms with Crippen LogP contribution in [0, 0.1) is 5.82 Å². The summed E-state index contributed by atoms with van der Waals surface area (Å²) in [6.07, 6.45) is 1.32. The molecule has 1 aromatic rings. The summed E-state index contributed by atoms with van der Waals surface area (Å²) < 4.78 is 24.1. The van der Waals surface area contributed by atoms with Gasteiger partial charge in [-0.1, -0.05) is 26.0 Å². The molecule has 1 N–H and O–H groups in total. The molecule has 35 heavy (non-hydrogen) atoms. The van der Waals surface area contributed by atoms with Crippen molar-refractivity contribution in [2.75, 3.05) is 33.8 Å². The van der Waals surface area contributed by atoms with E-state index in [1.54, 1.807) is 6.07 Å². The third-order valence-electron chi connectivity index (χ3n) is 4.48. The standard InChI is InChI=1S/C13H17BFO2S.C6H14O.C5H12N2O.C2H6/c1-12(2,13(3,4)18)17-14-10-6-5-9(8-16)7-11(10)15;1-5-7-6(2,3)4;1-7(2)4-3-6-5-8;1-2/h5-8,18H,1-4H3;5H2,1-4H3;5H,3-4H2,1-2H3,(H,6,8);1-2H3. The van der Waals surface area contributed by atoms with E-state index in [2.05, 4.69) is 38.7 Å². The number of carbonyl (C=O) groups excluding carboxylic acids is 2.